The Morgan fingerprint density at radius 2 is 2.24 bits per heavy atom. The SMILES string of the molecule is CNCC1CCN(c2cccc(N(C)C)c2)C1. The van der Waals surface area contributed by atoms with Crippen molar-refractivity contribution < 1.29 is 0 Å². The van der Waals surface area contributed by atoms with Gasteiger partial charge in [-0.3, -0.25) is 0 Å². The van der Waals surface area contributed by atoms with E-state index in [1.54, 1.807) is 0 Å². The zero-order chi connectivity index (χ0) is 12.3. The lowest BCUT2D eigenvalue weighted by Crippen LogP contribution is -2.24. The molecule has 94 valence electrons. The number of hydrogen-bond donors (Lipinski definition) is 1. The van der Waals surface area contributed by atoms with E-state index in [0.29, 0.717) is 0 Å². The molecule has 0 saturated carbocycles. The van der Waals surface area contributed by atoms with Crippen LogP contribution < -0.4 is 15.1 Å². The standard InChI is InChI=1S/C14H23N3/c1-15-10-12-7-8-17(11-12)14-6-4-5-13(9-14)16(2)3/h4-6,9,12,15H,7-8,10-11H2,1-3H3. The molecule has 1 fully saturated rings. The molecule has 3 nitrogen and oxygen atoms in total. The van der Waals surface area contributed by atoms with Crippen molar-refractivity contribution in [2.75, 3.05) is 50.6 Å². The van der Waals surface area contributed by atoms with E-state index in [1.807, 2.05) is 7.05 Å². The molecule has 1 aromatic rings. The Morgan fingerprint density at radius 3 is 2.94 bits per heavy atom. The second kappa shape index (κ2) is 5.41. The van der Waals surface area contributed by atoms with E-state index < -0.39 is 0 Å². The van der Waals surface area contributed by atoms with Gasteiger partial charge in [-0.05, 0) is 44.1 Å². The fraction of sp³-hybridized carbons (Fsp3) is 0.571. The minimum Gasteiger partial charge on any atom is -0.378 e. The Morgan fingerprint density at radius 1 is 1.41 bits per heavy atom. The van der Waals surface area contributed by atoms with Gasteiger partial charge in [0.1, 0.15) is 0 Å². The molecule has 0 bridgehead atoms. The van der Waals surface area contributed by atoms with Gasteiger partial charge >= 0.3 is 0 Å². The molecule has 0 amide bonds. The molecule has 0 spiro atoms. The molecule has 1 saturated heterocycles. The third-order valence-corrected chi connectivity index (χ3v) is 3.49. The van der Waals surface area contributed by atoms with E-state index in [1.165, 1.54) is 30.9 Å². The van der Waals surface area contributed by atoms with Gasteiger partial charge in [0, 0.05) is 38.6 Å². The van der Waals surface area contributed by atoms with Crippen LogP contribution in [0, 0.1) is 5.92 Å². The average Bonchev–Trinajstić information content (AvgIpc) is 2.78. The van der Waals surface area contributed by atoms with Gasteiger partial charge in [-0.25, -0.2) is 0 Å². The molecule has 0 radical (unpaired) electrons. The van der Waals surface area contributed by atoms with E-state index in [-0.39, 0.29) is 0 Å². The maximum Gasteiger partial charge on any atom is 0.0387 e. The van der Waals surface area contributed by atoms with Gasteiger partial charge in [-0.1, -0.05) is 6.07 Å². The van der Waals surface area contributed by atoms with Gasteiger partial charge in [0.2, 0.25) is 0 Å². The number of nitrogens with one attached hydrogen (secondary N) is 1. The Kier molecular flexibility index (Phi) is 3.89. The summed E-state index contributed by atoms with van der Waals surface area (Å²) in [6, 6.07) is 8.80. The number of anilines is 2. The monoisotopic (exact) mass is 233 g/mol. The summed E-state index contributed by atoms with van der Waals surface area (Å²) in [5.74, 6) is 0.794. The van der Waals surface area contributed by atoms with Crippen molar-refractivity contribution in [1.29, 1.82) is 0 Å². The maximum absolute atomic E-state index is 3.28. The highest BCUT2D eigenvalue weighted by Crippen LogP contribution is 2.26. The van der Waals surface area contributed by atoms with E-state index in [9.17, 15) is 0 Å². The lowest BCUT2D eigenvalue weighted by Gasteiger charge is -2.21. The van der Waals surface area contributed by atoms with Crippen LogP contribution in [0.3, 0.4) is 0 Å². The highest BCUT2D eigenvalue weighted by Gasteiger charge is 2.22. The predicted octanol–water partition coefficient (Wildman–Crippen LogP) is 1.80. The molecular formula is C14H23N3. The third kappa shape index (κ3) is 2.91. The molecule has 1 atom stereocenters. The molecule has 1 unspecified atom stereocenters. The van der Waals surface area contributed by atoms with Crippen LogP contribution in [0.2, 0.25) is 0 Å². The van der Waals surface area contributed by atoms with Crippen molar-refractivity contribution >= 4 is 11.4 Å². The topological polar surface area (TPSA) is 18.5 Å². The van der Waals surface area contributed by atoms with Crippen LogP contribution in [0.4, 0.5) is 11.4 Å². The largest absolute Gasteiger partial charge is 0.378 e. The molecule has 1 N–H and O–H groups in total. The van der Waals surface area contributed by atoms with Crippen molar-refractivity contribution in [2.45, 2.75) is 6.42 Å². The van der Waals surface area contributed by atoms with Gasteiger partial charge in [0.05, 0.1) is 0 Å². The normalized spacial score (nSPS) is 19.7. The van der Waals surface area contributed by atoms with E-state index >= 15 is 0 Å². The van der Waals surface area contributed by atoms with Gasteiger partial charge in [-0.15, -0.1) is 0 Å². The number of nitrogens with zero attached hydrogens (tertiary/aromatic N) is 2. The van der Waals surface area contributed by atoms with Crippen molar-refractivity contribution in [3.8, 4) is 0 Å². The van der Waals surface area contributed by atoms with Gasteiger partial charge < -0.3 is 15.1 Å². The molecule has 1 aliphatic heterocycles. The minimum atomic E-state index is 0.794. The van der Waals surface area contributed by atoms with E-state index in [4.69, 9.17) is 0 Å². The molecule has 1 heterocycles. The zero-order valence-corrected chi connectivity index (χ0v) is 11.1. The Balaban J connectivity index is 2.05. The Labute approximate surface area is 104 Å². The smallest absolute Gasteiger partial charge is 0.0387 e. The first-order valence-electron chi connectivity index (χ1n) is 6.37. The quantitative estimate of drug-likeness (QED) is 0.855. The van der Waals surface area contributed by atoms with Gasteiger partial charge in [0.15, 0.2) is 0 Å². The highest BCUT2D eigenvalue weighted by atomic mass is 15.2. The molecule has 17 heavy (non-hydrogen) atoms. The van der Waals surface area contributed by atoms with Crippen molar-refractivity contribution in [2.24, 2.45) is 5.92 Å². The molecular weight excluding hydrogens is 210 g/mol. The number of rotatable bonds is 4. The first-order chi connectivity index (χ1) is 8.20. The molecule has 1 aromatic carbocycles. The number of hydrogen-bond acceptors (Lipinski definition) is 3. The van der Waals surface area contributed by atoms with Crippen LogP contribution in [-0.4, -0.2) is 40.8 Å². The number of benzene rings is 1. The molecule has 0 aromatic heterocycles. The lowest BCUT2D eigenvalue weighted by molar-refractivity contribution is 0.549. The van der Waals surface area contributed by atoms with Crippen LogP contribution in [-0.2, 0) is 0 Å². The summed E-state index contributed by atoms with van der Waals surface area (Å²) in [7, 11) is 6.22. The summed E-state index contributed by atoms with van der Waals surface area (Å²) in [6.45, 7) is 3.49. The first kappa shape index (κ1) is 12.2. The fourth-order valence-electron chi connectivity index (χ4n) is 2.49. The second-order valence-corrected chi connectivity index (χ2v) is 5.07. The third-order valence-electron chi connectivity index (χ3n) is 3.49. The van der Waals surface area contributed by atoms with Crippen LogP contribution in [0.25, 0.3) is 0 Å². The lowest BCUT2D eigenvalue weighted by atomic mass is 10.1. The first-order valence-corrected chi connectivity index (χ1v) is 6.37. The predicted molar refractivity (Wildman–Crippen MR) is 75.0 cm³/mol. The van der Waals surface area contributed by atoms with Gasteiger partial charge in [0.25, 0.3) is 0 Å². The summed E-state index contributed by atoms with van der Waals surface area (Å²) in [4.78, 5) is 4.65. The average molecular weight is 233 g/mol. The van der Waals surface area contributed by atoms with Crippen molar-refractivity contribution in [3.05, 3.63) is 24.3 Å². The summed E-state index contributed by atoms with van der Waals surface area (Å²) >= 11 is 0. The Bertz CT molecular complexity index is 362. The molecule has 0 aliphatic carbocycles. The Hall–Kier alpha value is -1.22. The van der Waals surface area contributed by atoms with Crippen molar-refractivity contribution in [3.63, 3.8) is 0 Å². The zero-order valence-electron chi connectivity index (χ0n) is 11.1. The van der Waals surface area contributed by atoms with Crippen molar-refractivity contribution in [1.82, 2.24) is 5.32 Å². The summed E-state index contributed by atoms with van der Waals surface area (Å²) in [5.41, 5.74) is 2.63. The summed E-state index contributed by atoms with van der Waals surface area (Å²) in [6.07, 6.45) is 1.30. The maximum atomic E-state index is 3.28. The van der Waals surface area contributed by atoms with Gasteiger partial charge in [-0.2, -0.15) is 0 Å². The van der Waals surface area contributed by atoms with E-state index in [2.05, 4.69) is 53.5 Å². The summed E-state index contributed by atoms with van der Waals surface area (Å²) in [5, 5.41) is 3.28. The van der Waals surface area contributed by atoms with Crippen LogP contribution in [0.5, 0.6) is 0 Å². The minimum absolute atomic E-state index is 0.794. The molecule has 1 aliphatic rings. The molecule has 2 rings (SSSR count). The second-order valence-electron chi connectivity index (χ2n) is 5.07. The summed E-state index contributed by atoms with van der Waals surface area (Å²) < 4.78 is 0. The van der Waals surface area contributed by atoms with Crippen LogP contribution in [0.1, 0.15) is 6.42 Å². The van der Waals surface area contributed by atoms with E-state index in [0.717, 1.165) is 12.5 Å². The van der Waals surface area contributed by atoms with Crippen LogP contribution >= 0.6 is 0 Å². The van der Waals surface area contributed by atoms with Crippen LogP contribution in [0.15, 0.2) is 24.3 Å². The highest BCUT2D eigenvalue weighted by molar-refractivity contribution is 5.59. The fourth-order valence-corrected chi connectivity index (χ4v) is 2.49. The molecule has 3 heteroatoms.